The normalized spacial score (nSPS) is 10.6. The smallest absolute Gasteiger partial charge is 0.256 e. The predicted molar refractivity (Wildman–Crippen MR) is 104 cm³/mol. The van der Waals surface area contributed by atoms with Gasteiger partial charge in [0.15, 0.2) is 5.76 Å². The zero-order chi connectivity index (χ0) is 18.6. The van der Waals surface area contributed by atoms with Crippen LogP contribution in [0.15, 0.2) is 83.7 Å². The molecule has 4 aromatic rings. The molecule has 132 valence electrons. The monoisotopic (exact) mass is 355 g/mol. The Bertz CT molecular complexity index is 1070. The van der Waals surface area contributed by atoms with E-state index in [1.54, 1.807) is 36.8 Å². The summed E-state index contributed by atoms with van der Waals surface area (Å²) in [5, 5.41) is 2.86. The molecule has 0 bridgehead atoms. The summed E-state index contributed by atoms with van der Waals surface area (Å²) in [6.45, 7) is 2.03. The van der Waals surface area contributed by atoms with Gasteiger partial charge in [0, 0.05) is 29.2 Å². The first-order valence-corrected chi connectivity index (χ1v) is 8.54. The minimum atomic E-state index is -0.230. The van der Waals surface area contributed by atoms with Crippen LogP contribution < -0.4 is 5.32 Å². The number of carbonyl (C=O) groups excluding carboxylic acids is 1. The van der Waals surface area contributed by atoms with Crippen molar-refractivity contribution in [2.24, 2.45) is 0 Å². The maximum absolute atomic E-state index is 12.7. The highest BCUT2D eigenvalue weighted by atomic mass is 16.4. The summed E-state index contributed by atoms with van der Waals surface area (Å²) in [5.74, 6) is 0.840. The first kappa shape index (κ1) is 16.7. The number of hydrogen-bond donors (Lipinski definition) is 1. The zero-order valence-corrected chi connectivity index (χ0v) is 14.7. The zero-order valence-electron chi connectivity index (χ0n) is 14.7. The molecule has 0 unspecified atom stereocenters. The Morgan fingerprint density at radius 2 is 1.70 bits per heavy atom. The second kappa shape index (κ2) is 7.25. The molecule has 0 aliphatic rings. The molecule has 0 saturated heterocycles. The second-order valence-electron chi connectivity index (χ2n) is 6.13. The van der Waals surface area contributed by atoms with Crippen molar-refractivity contribution in [1.82, 2.24) is 9.97 Å². The van der Waals surface area contributed by atoms with E-state index in [9.17, 15) is 4.79 Å². The van der Waals surface area contributed by atoms with Crippen LogP contribution in [-0.4, -0.2) is 15.9 Å². The highest BCUT2D eigenvalue weighted by Crippen LogP contribution is 2.28. The van der Waals surface area contributed by atoms with Gasteiger partial charge in [0.2, 0.25) is 5.89 Å². The van der Waals surface area contributed by atoms with Gasteiger partial charge in [-0.1, -0.05) is 42.0 Å². The van der Waals surface area contributed by atoms with Crippen molar-refractivity contribution in [3.63, 3.8) is 0 Å². The summed E-state index contributed by atoms with van der Waals surface area (Å²) < 4.78 is 5.94. The van der Waals surface area contributed by atoms with Crippen molar-refractivity contribution in [2.45, 2.75) is 6.92 Å². The number of aromatic nitrogens is 2. The van der Waals surface area contributed by atoms with Gasteiger partial charge in [-0.3, -0.25) is 9.78 Å². The molecule has 1 amide bonds. The van der Waals surface area contributed by atoms with E-state index in [1.165, 1.54) is 5.56 Å². The van der Waals surface area contributed by atoms with Crippen molar-refractivity contribution >= 4 is 11.6 Å². The molecule has 1 N–H and O–H groups in total. The fourth-order valence-corrected chi connectivity index (χ4v) is 2.75. The highest BCUT2D eigenvalue weighted by Gasteiger charge is 2.17. The SMILES string of the molecule is Cc1ccc(-c2cnc(-c3ccccc3C(=O)Nc3ccncc3)o2)cc1. The molecule has 0 aliphatic carbocycles. The summed E-state index contributed by atoms with van der Waals surface area (Å²) in [6, 6.07) is 18.7. The van der Waals surface area contributed by atoms with Crippen molar-refractivity contribution in [3.05, 3.63) is 90.4 Å². The predicted octanol–water partition coefficient (Wildman–Crippen LogP) is 4.96. The number of anilines is 1. The average molecular weight is 355 g/mol. The van der Waals surface area contributed by atoms with E-state index in [1.807, 2.05) is 49.4 Å². The summed E-state index contributed by atoms with van der Waals surface area (Å²) in [6.07, 6.45) is 4.93. The first-order chi connectivity index (χ1) is 13.2. The molecule has 0 atom stereocenters. The molecule has 0 fully saturated rings. The van der Waals surface area contributed by atoms with Gasteiger partial charge in [0.05, 0.1) is 11.8 Å². The van der Waals surface area contributed by atoms with Crippen LogP contribution >= 0.6 is 0 Å². The molecule has 2 heterocycles. The number of oxazole rings is 1. The lowest BCUT2D eigenvalue weighted by molar-refractivity contribution is 0.102. The number of pyridine rings is 1. The number of nitrogens with zero attached hydrogens (tertiary/aromatic N) is 2. The highest BCUT2D eigenvalue weighted by molar-refractivity contribution is 6.08. The van der Waals surface area contributed by atoms with Gasteiger partial charge in [0.25, 0.3) is 5.91 Å². The molecule has 0 spiro atoms. The summed E-state index contributed by atoms with van der Waals surface area (Å²) in [7, 11) is 0. The number of amides is 1. The van der Waals surface area contributed by atoms with Crippen LogP contribution in [0.3, 0.4) is 0 Å². The van der Waals surface area contributed by atoms with E-state index < -0.39 is 0 Å². The minimum Gasteiger partial charge on any atom is -0.436 e. The number of benzene rings is 2. The number of hydrogen-bond acceptors (Lipinski definition) is 4. The van der Waals surface area contributed by atoms with Gasteiger partial charge in [-0.25, -0.2) is 4.98 Å². The van der Waals surface area contributed by atoms with E-state index in [-0.39, 0.29) is 5.91 Å². The Morgan fingerprint density at radius 3 is 2.48 bits per heavy atom. The molecule has 0 saturated carbocycles. The Hall–Kier alpha value is -3.73. The Morgan fingerprint density at radius 1 is 0.963 bits per heavy atom. The molecule has 5 heteroatoms. The third-order valence-electron chi connectivity index (χ3n) is 4.18. The quantitative estimate of drug-likeness (QED) is 0.561. The summed E-state index contributed by atoms with van der Waals surface area (Å²) >= 11 is 0. The lowest BCUT2D eigenvalue weighted by Gasteiger charge is -2.08. The van der Waals surface area contributed by atoms with Crippen LogP contribution in [0.1, 0.15) is 15.9 Å². The molecule has 0 aliphatic heterocycles. The van der Waals surface area contributed by atoms with Crippen molar-refractivity contribution < 1.29 is 9.21 Å². The van der Waals surface area contributed by atoms with Crippen LogP contribution in [0.25, 0.3) is 22.8 Å². The van der Waals surface area contributed by atoms with E-state index in [0.717, 1.165) is 5.56 Å². The van der Waals surface area contributed by atoms with Gasteiger partial charge in [0.1, 0.15) is 0 Å². The van der Waals surface area contributed by atoms with E-state index in [2.05, 4.69) is 15.3 Å². The summed E-state index contributed by atoms with van der Waals surface area (Å²) in [5.41, 5.74) is 3.93. The van der Waals surface area contributed by atoms with E-state index in [4.69, 9.17) is 4.42 Å². The van der Waals surface area contributed by atoms with Crippen molar-refractivity contribution in [2.75, 3.05) is 5.32 Å². The molecule has 2 aromatic heterocycles. The van der Waals surface area contributed by atoms with Gasteiger partial charge >= 0.3 is 0 Å². The Kier molecular flexibility index (Phi) is 4.49. The maximum atomic E-state index is 12.7. The summed E-state index contributed by atoms with van der Waals surface area (Å²) in [4.78, 5) is 21.1. The molecule has 5 nitrogen and oxygen atoms in total. The fraction of sp³-hybridized carbons (Fsp3) is 0.0455. The molecule has 27 heavy (non-hydrogen) atoms. The first-order valence-electron chi connectivity index (χ1n) is 8.54. The standard InChI is InChI=1S/C22H17N3O2/c1-15-6-8-16(9-7-15)20-14-24-22(27-20)19-5-3-2-4-18(19)21(26)25-17-10-12-23-13-11-17/h2-14H,1H3,(H,23,25,26). The van der Waals surface area contributed by atoms with Crippen molar-refractivity contribution in [1.29, 1.82) is 0 Å². The molecule has 0 radical (unpaired) electrons. The maximum Gasteiger partial charge on any atom is 0.256 e. The van der Waals surface area contributed by atoms with Gasteiger partial charge in [-0.2, -0.15) is 0 Å². The third-order valence-corrected chi connectivity index (χ3v) is 4.18. The number of rotatable bonds is 4. The van der Waals surface area contributed by atoms with Crippen LogP contribution in [-0.2, 0) is 0 Å². The lowest BCUT2D eigenvalue weighted by Crippen LogP contribution is -2.13. The largest absolute Gasteiger partial charge is 0.436 e. The third kappa shape index (κ3) is 3.62. The fourth-order valence-electron chi connectivity index (χ4n) is 2.75. The van der Waals surface area contributed by atoms with Gasteiger partial charge in [-0.05, 0) is 31.2 Å². The number of carbonyl (C=O) groups is 1. The molecule has 2 aromatic carbocycles. The average Bonchev–Trinajstić information content (AvgIpc) is 3.19. The van der Waals surface area contributed by atoms with E-state index in [0.29, 0.717) is 28.5 Å². The number of nitrogens with one attached hydrogen (secondary N) is 1. The topological polar surface area (TPSA) is 68.0 Å². The minimum absolute atomic E-state index is 0.230. The molecular formula is C22H17N3O2. The van der Waals surface area contributed by atoms with Crippen LogP contribution in [0.5, 0.6) is 0 Å². The van der Waals surface area contributed by atoms with Gasteiger partial charge < -0.3 is 9.73 Å². The van der Waals surface area contributed by atoms with Gasteiger partial charge in [-0.15, -0.1) is 0 Å². The Balaban J connectivity index is 1.65. The Labute approximate surface area is 156 Å². The number of aryl methyl sites for hydroxylation is 1. The van der Waals surface area contributed by atoms with Crippen LogP contribution in [0.4, 0.5) is 5.69 Å². The van der Waals surface area contributed by atoms with Crippen LogP contribution in [0.2, 0.25) is 0 Å². The van der Waals surface area contributed by atoms with Crippen molar-refractivity contribution in [3.8, 4) is 22.8 Å². The molecular weight excluding hydrogens is 338 g/mol. The van der Waals surface area contributed by atoms with E-state index >= 15 is 0 Å². The lowest BCUT2D eigenvalue weighted by atomic mass is 10.1. The van der Waals surface area contributed by atoms with Crippen LogP contribution in [0, 0.1) is 6.92 Å². The second-order valence-corrected chi connectivity index (χ2v) is 6.13. The molecule has 4 rings (SSSR count).